The largest absolute Gasteiger partial charge is 0.489 e. The zero-order valence-corrected chi connectivity index (χ0v) is 14.1. The molecular formula is C22H20N2O. The zero-order chi connectivity index (χ0) is 17.5. The number of hydrogen-bond acceptors (Lipinski definition) is 3. The summed E-state index contributed by atoms with van der Waals surface area (Å²) in [6, 6.07) is 27.5. The van der Waals surface area contributed by atoms with E-state index in [1.807, 2.05) is 85.8 Å². The third-order valence-electron chi connectivity index (χ3n) is 3.96. The molecule has 3 heteroatoms. The highest BCUT2D eigenvalue weighted by Crippen LogP contribution is 2.28. The molecule has 0 aliphatic rings. The van der Waals surface area contributed by atoms with Gasteiger partial charge in [0.25, 0.3) is 0 Å². The number of nitrogens with one attached hydrogen (secondary N) is 1. The number of benzene rings is 3. The van der Waals surface area contributed by atoms with E-state index in [-0.39, 0.29) is 0 Å². The van der Waals surface area contributed by atoms with Crippen LogP contribution in [0.3, 0.4) is 0 Å². The molecule has 0 aliphatic heterocycles. The van der Waals surface area contributed by atoms with Gasteiger partial charge in [-0.05, 0) is 30.7 Å². The summed E-state index contributed by atoms with van der Waals surface area (Å²) in [6.07, 6.45) is 0. The summed E-state index contributed by atoms with van der Waals surface area (Å²) in [5.74, 6) is 0.720. The van der Waals surface area contributed by atoms with Crippen LogP contribution < -0.4 is 10.1 Å². The molecule has 1 N–H and O–H groups in total. The number of nitrogens with zero attached hydrogens (tertiary/aromatic N) is 1. The highest BCUT2D eigenvalue weighted by molar-refractivity contribution is 5.51. The predicted molar refractivity (Wildman–Crippen MR) is 100 cm³/mol. The lowest BCUT2D eigenvalue weighted by Gasteiger charge is -2.17. The van der Waals surface area contributed by atoms with E-state index in [4.69, 9.17) is 4.74 Å². The fraction of sp³-hybridized carbons (Fsp3) is 0.136. The van der Waals surface area contributed by atoms with Crippen molar-refractivity contribution < 1.29 is 4.74 Å². The minimum Gasteiger partial charge on any atom is -0.489 e. The van der Waals surface area contributed by atoms with Gasteiger partial charge in [0.2, 0.25) is 0 Å². The van der Waals surface area contributed by atoms with Crippen LogP contribution >= 0.6 is 0 Å². The SMILES string of the molecule is Cc1ccc(N[C@@H](C#N)c2ccccc2OCc2ccccc2)cc1. The summed E-state index contributed by atoms with van der Waals surface area (Å²) in [4.78, 5) is 0. The third-order valence-corrected chi connectivity index (χ3v) is 3.96. The lowest BCUT2D eigenvalue weighted by Crippen LogP contribution is -2.10. The number of nitriles is 1. The standard InChI is InChI=1S/C22H20N2O/c1-17-11-13-19(14-12-17)24-21(15-23)20-9-5-6-10-22(20)25-16-18-7-3-2-4-8-18/h2-14,21,24H,16H2,1H3/t21-/m0/s1. The monoisotopic (exact) mass is 328 g/mol. The van der Waals surface area contributed by atoms with Gasteiger partial charge in [0.05, 0.1) is 6.07 Å². The Labute approximate surface area is 148 Å². The second kappa shape index (κ2) is 8.03. The van der Waals surface area contributed by atoms with Crippen LogP contribution in [0.25, 0.3) is 0 Å². The first kappa shape index (κ1) is 16.6. The van der Waals surface area contributed by atoms with Crippen LogP contribution in [0, 0.1) is 18.3 Å². The van der Waals surface area contributed by atoms with Crippen LogP contribution in [0.4, 0.5) is 5.69 Å². The molecule has 0 unspecified atom stereocenters. The Morgan fingerprint density at radius 2 is 1.60 bits per heavy atom. The molecule has 0 aliphatic carbocycles. The van der Waals surface area contributed by atoms with E-state index < -0.39 is 6.04 Å². The van der Waals surface area contributed by atoms with Crippen molar-refractivity contribution in [3.63, 3.8) is 0 Å². The number of ether oxygens (including phenoxy) is 1. The van der Waals surface area contributed by atoms with E-state index >= 15 is 0 Å². The lowest BCUT2D eigenvalue weighted by atomic mass is 10.1. The molecule has 3 rings (SSSR count). The van der Waals surface area contributed by atoms with E-state index in [0.29, 0.717) is 6.61 Å². The number of hydrogen-bond donors (Lipinski definition) is 1. The molecule has 0 aromatic heterocycles. The second-order valence-corrected chi connectivity index (χ2v) is 5.88. The van der Waals surface area contributed by atoms with Gasteiger partial charge in [0, 0.05) is 11.3 Å². The maximum atomic E-state index is 9.64. The first-order valence-corrected chi connectivity index (χ1v) is 8.25. The molecule has 3 aromatic rings. The first-order valence-electron chi connectivity index (χ1n) is 8.25. The molecule has 0 saturated carbocycles. The Morgan fingerprint density at radius 1 is 0.920 bits per heavy atom. The second-order valence-electron chi connectivity index (χ2n) is 5.88. The number of aryl methyl sites for hydroxylation is 1. The Kier molecular flexibility index (Phi) is 5.33. The molecule has 3 aromatic carbocycles. The molecule has 0 amide bonds. The smallest absolute Gasteiger partial charge is 0.143 e. The van der Waals surface area contributed by atoms with E-state index in [9.17, 15) is 5.26 Å². The Bertz CT molecular complexity index is 851. The van der Waals surface area contributed by atoms with E-state index in [0.717, 1.165) is 22.6 Å². The molecule has 0 saturated heterocycles. The third kappa shape index (κ3) is 4.39. The van der Waals surface area contributed by atoms with Crippen molar-refractivity contribution in [2.45, 2.75) is 19.6 Å². The van der Waals surface area contributed by atoms with Crippen molar-refractivity contribution in [2.24, 2.45) is 0 Å². The molecule has 0 spiro atoms. The van der Waals surface area contributed by atoms with E-state index in [2.05, 4.69) is 11.4 Å². The Morgan fingerprint density at radius 3 is 2.32 bits per heavy atom. The zero-order valence-electron chi connectivity index (χ0n) is 14.1. The fourth-order valence-corrected chi connectivity index (χ4v) is 2.58. The summed E-state index contributed by atoms with van der Waals surface area (Å²) >= 11 is 0. The van der Waals surface area contributed by atoms with Gasteiger partial charge in [-0.1, -0.05) is 66.2 Å². The van der Waals surface area contributed by atoms with Gasteiger partial charge in [-0.25, -0.2) is 0 Å². The average Bonchev–Trinajstić information content (AvgIpc) is 2.67. The maximum absolute atomic E-state index is 9.64. The van der Waals surface area contributed by atoms with Crippen molar-refractivity contribution in [3.05, 3.63) is 95.6 Å². The number of para-hydroxylation sites is 1. The van der Waals surface area contributed by atoms with Crippen molar-refractivity contribution >= 4 is 5.69 Å². The van der Waals surface area contributed by atoms with Gasteiger partial charge in [-0.3, -0.25) is 0 Å². The fourth-order valence-electron chi connectivity index (χ4n) is 2.58. The van der Waals surface area contributed by atoms with Gasteiger partial charge in [0.15, 0.2) is 0 Å². The normalized spacial score (nSPS) is 11.4. The summed E-state index contributed by atoms with van der Waals surface area (Å²) in [7, 11) is 0. The molecular weight excluding hydrogens is 308 g/mol. The van der Waals surface area contributed by atoms with Crippen molar-refractivity contribution in [2.75, 3.05) is 5.32 Å². The molecule has 0 fully saturated rings. The summed E-state index contributed by atoms with van der Waals surface area (Å²) in [6.45, 7) is 2.51. The molecule has 3 nitrogen and oxygen atoms in total. The molecule has 124 valence electrons. The topological polar surface area (TPSA) is 45.0 Å². The van der Waals surface area contributed by atoms with Gasteiger partial charge in [-0.15, -0.1) is 0 Å². The van der Waals surface area contributed by atoms with Crippen LogP contribution in [0.1, 0.15) is 22.7 Å². The number of anilines is 1. The van der Waals surface area contributed by atoms with Crippen LogP contribution in [0.2, 0.25) is 0 Å². The highest BCUT2D eigenvalue weighted by Gasteiger charge is 2.15. The molecule has 0 bridgehead atoms. The van der Waals surface area contributed by atoms with Gasteiger partial charge >= 0.3 is 0 Å². The molecule has 0 radical (unpaired) electrons. The predicted octanol–water partition coefficient (Wildman–Crippen LogP) is 5.25. The van der Waals surface area contributed by atoms with Crippen molar-refractivity contribution in [1.82, 2.24) is 0 Å². The van der Waals surface area contributed by atoms with Crippen molar-refractivity contribution in [3.8, 4) is 11.8 Å². The number of rotatable bonds is 6. The Hall–Kier alpha value is -3.25. The summed E-state index contributed by atoms with van der Waals surface area (Å²) in [5, 5.41) is 12.9. The van der Waals surface area contributed by atoms with Crippen LogP contribution in [0.15, 0.2) is 78.9 Å². The van der Waals surface area contributed by atoms with Crippen LogP contribution in [-0.2, 0) is 6.61 Å². The van der Waals surface area contributed by atoms with Gasteiger partial charge in [-0.2, -0.15) is 5.26 Å². The van der Waals surface area contributed by atoms with E-state index in [1.165, 1.54) is 5.56 Å². The molecule has 1 atom stereocenters. The minimum atomic E-state index is -0.477. The summed E-state index contributed by atoms with van der Waals surface area (Å²) < 4.78 is 5.97. The van der Waals surface area contributed by atoms with Gasteiger partial charge in [0.1, 0.15) is 18.4 Å². The molecule has 0 heterocycles. The van der Waals surface area contributed by atoms with Gasteiger partial charge < -0.3 is 10.1 Å². The minimum absolute atomic E-state index is 0.473. The maximum Gasteiger partial charge on any atom is 0.143 e. The summed E-state index contributed by atoms with van der Waals surface area (Å²) in [5.41, 5.74) is 4.03. The van der Waals surface area contributed by atoms with E-state index in [1.54, 1.807) is 0 Å². The first-order chi connectivity index (χ1) is 12.3. The van der Waals surface area contributed by atoms with Crippen molar-refractivity contribution in [1.29, 1.82) is 5.26 Å². The lowest BCUT2D eigenvalue weighted by molar-refractivity contribution is 0.302. The quantitative estimate of drug-likeness (QED) is 0.672. The highest BCUT2D eigenvalue weighted by atomic mass is 16.5. The van der Waals surface area contributed by atoms with Crippen LogP contribution in [-0.4, -0.2) is 0 Å². The van der Waals surface area contributed by atoms with Crippen LogP contribution in [0.5, 0.6) is 5.75 Å². The average molecular weight is 328 g/mol. The Balaban J connectivity index is 1.78. The molecule has 25 heavy (non-hydrogen) atoms.